The minimum absolute atomic E-state index is 0.144. The Labute approximate surface area is 99.1 Å². The van der Waals surface area contributed by atoms with E-state index in [9.17, 15) is 4.79 Å². The number of esters is 1. The van der Waals surface area contributed by atoms with Crippen LogP contribution in [0.4, 0.5) is 0 Å². The molecule has 0 aliphatic carbocycles. The van der Waals surface area contributed by atoms with Crippen LogP contribution in [-0.4, -0.2) is 44.7 Å². The molecule has 0 saturated carbocycles. The van der Waals surface area contributed by atoms with E-state index in [0.29, 0.717) is 6.42 Å². The number of carbonyl (C=O) groups is 1. The molecule has 0 unspecified atom stereocenters. The highest BCUT2D eigenvalue weighted by molar-refractivity contribution is 5.69. The fourth-order valence-corrected chi connectivity index (χ4v) is 1.43. The van der Waals surface area contributed by atoms with Crippen LogP contribution in [0.25, 0.3) is 0 Å². The number of hydrogen-bond acceptors (Lipinski definition) is 4. The van der Waals surface area contributed by atoms with E-state index >= 15 is 0 Å². The summed E-state index contributed by atoms with van der Waals surface area (Å²) in [5, 5.41) is 0. The Kier molecular flexibility index (Phi) is 7.34. The van der Waals surface area contributed by atoms with Gasteiger partial charge in [-0.05, 0) is 38.4 Å². The Morgan fingerprint density at radius 1 is 1.38 bits per heavy atom. The van der Waals surface area contributed by atoms with Crippen molar-refractivity contribution in [1.29, 1.82) is 0 Å². The van der Waals surface area contributed by atoms with Crippen LogP contribution in [0.2, 0.25) is 0 Å². The van der Waals surface area contributed by atoms with E-state index in [1.165, 1.54) is 7.11 Å². The summed E-state index contributed by atoms with van der Waals surface area (Å²) < 4.78 is 4.59. The molecule has 0 amide bonds. The Balaban J connectivity index is 3.58. The number of hydrogen-bond donors (Lipinski definition) is 1. The summed E-state index contributed by atoms with van der Waals surface area (Å²) in [4.78, 5) is 13.1. The second-order valence-corrected chi connectivity index (χ2v) is 5.10. The summed E-state index contributed by atoms with van der Waals surface area (Å²) in [6.45, 7) is 6.85. The highest BCUT2D eigenvalue weighted by Crippen LogP contribution is 2.20. The van der Waals surface area contributed by atoms with Gasteiger partial charge in [0.25, 0.3) is 0 Å². The highest BCUT2D eigenvalue weighted by atomic mass is 16.5. The predicted molar refractivity (Wildman–Crippen MR) is 66.2 cm³/mol. The van der Waals surface area contributed by atoms with Crippen molar-refractivity contribution >= 4 is 5.97 Å². The van der Waals surface area contributed by atoms with Crippen LogP contribution >= 0.6 is 0 Å². The van der Waals surface area contributed by atoms with Gasteiger partial charge < -0.3 is 15.4 Å². The quantitative estimate of drug-likeness (QED) is 0.638. The summed E-state index contributed by atoms with van der Waals surface area (Å²) in [6.07, 6.45) is 2.70. The minimum atomic E-state index is -0.144. The van der Waals surface area contributed by atoms with Crippen molar-refractivity contribution in [2.45, 2.75) is 33.1 Å². The molecule has 16 heavy (non-hydrogen) atoms. The molecule has 0 rings (SSSR count). The van der Waals surface area contributed by atoms with Gasteiger partial charge >= 0.3 is 5.97 Å². The summed E-state index contributed by atoms with van der Waals surface area (Å²) in [7, 11) is 3.45. The SMILES string of the molecule is COC(=O)CCN(C)CCCC(C)(C)CN. The van der Waals surface area contributed by atoms with Gasteiger partial charge in [-0.3, -0.25) is 4.79 Å². The number of rotatable bonds is 8. The maximum absolute atomic E-state index is 10.9. The lowest BCUT2D eigenvalue weighted by molar-refractivity contribution is -0.140. The fraction of sp³-hybridized carbons (Fsp3) is 0.917. The molecule has 4 nitrogen and oxygen atoms in total. The maximum atomic E-state index is 10.9. The first kappa shape index (κ1) is 15.4. The molecule has 0 saturated heterocycles. The van der Waals surface area contributed by atoms with Gasteiger partial charge in [-0.25, -0.2) is 0 Å². The first-order chi connectivity index (χ1) is 7.41. The highest BCUT2D eigenvalue weighted by Gasteiger charge is 2.15. The lowest BCUT2D eigenvalue weighted by Crippen LogP contribution is -2.27. The molecule has 0 radical (unpaired) electrons. The molecule has 0 aliphatic heterocycles. The predicted octanol–water partition coefficient (Wildman–Crippen LogP) is 1.25. The average Bonchev–Trinajstić information content (AvgIpc) is 2.25. The standard InChI is InChI=1S/C12H26N2O2/c1-12(2,10-13)7-5-8-14(3)9-6-11(15)16-4/h5-10,13H2,1-4H3. The largest absolute Gasteiger partial charge is 0.469 e. The van der Waals surface area contributed by atoms with Crippen molar-refractivity contribution in [3.05, 3.63) is 0 Å². The van der Waals surface area contributed by atoms with Crippen molar-refractivity contribution in [2.24, 2.45) is 11.1 Å². The fourth-order valence-electron chi connectivity index (χ4n) is 1.43. The first-order valence-electron chi connectivity index (χ1n) is 5.87. The molecule has 96 valence electrons. The molecule has 0 aromatic heterocycles. The molecule has 0 aliphatic rings. The first-order valence-corrected chi connectivity index (χ1v) is 5.87. The molecular weight excluding hydrogens is 204 g/mol. The van der Waals surface area contributed by atoms with Gasteiger partial charge in [0.05, 0.1) is 13.5 Å². The molecule has 0 aromatic rings. The zero-order valence-electron chi connectivity index (χ0n) is 11.1. The Bertz CT molecular complexity index is 205. The molecule has 0 spiro atoms. The third-order valence-electron chi connectivity index (χ3n) is 2.87. The van der Waals surface area contributed by atoms with Crippen LogP contribution in [0.15, 0.2) is 0 Å². The van der Waals surface area contributed by atoms with Gasteiger partial charge in [0.15, 0.2) is 0 Å². The van der Waals surface area contributed by atoms with Gasteiger partial charge in [-0.2, -0.15) is 0 Å². The van der Waals surface area contributed by atoms with E-state index in [0.717, 1.165) is 32.5 Å². The van der Waals surface area contributed by atoms with Crippen LogP contribution in [0.3, 0.4) is 0 Å². The van der Waals surface area contributed by atoms with E-state index in [2.05, 4.69) is 23.5 Å². The minimum Gasteiger partial charge on any atom is -0.469 e. The number of nitrogens with zero attached hydrogens (tertiary/aromatic N) is 1. The van der Waals surface area contributed by atoms with Crippen LogP contribution in [0.5, 0.6) is 0 Å². The van der Waals surface area contributed by atoms with E-state index in [4.69, 9.17) is 5.73 Å². The Morgan fingerprint density at radius 2 is 2.00 bits per heavy atom. The second-order valence-electron chi connectivity index (χ2n) is 5.10. The number of carbonyl (C=O) groups excluding carboxylic acids is 1. The van der Waals surface area contributed by atoms with Crippen molar-refractivity contribution in [2.75, 3.05) is 33.8 Å². The van der Waals surface area contributed by atoms with E-state index in [-0.39, 0.29) is 11.4 Å². The summed E-state index contributed by atoms with van der Waals surface area (Å²) >= 11 is 0. The molecule has 4 heteroatoms. The van der Waals surface area contributed by atoms with E-state index < -0.39 is 0 Å². The maximum Gasteiger partial charge on any atom is 0.306 e. The summed E-state index contributed by atoms with van der Waals surface area (Å²) in [6, 6.07) is 0. The van der Waals surface area contributed by atoms with Crippen molar-refractivity contribution < 1.29 is 9.53 Å². The molecular formula is C12H26N2O2. The van der Waals surface area contributed by atoms with Gasteiger partial charge in [0.1, 0.15) is 0 Å². The molecule has 2 N–H and O–H groups in total. The third kappa shape index (κ3) is 7.65. The third-order valence-corrected chi connectivity index (χ3v) is 2.87. The molecule has 0 fully saturated rings. The van der Waals surface area contributed by atoms with E-state index in [1.54, 1.807) is 0 Å². The molecule has 0 aromatic carbocycles. The van der Waals surface area contributed by atoms with Gasteiger partial charge in [0, 0.05) is 6.54 Å². The van der Waals surface area contributed by atoms with Crippen molar-refractivity contribution in [3.8, 4) is 0 Å². The molecule has 0 atom stereocenters. The van der Waals surface area contributed by atoms with Crippen LogP contribution in [0.1, 0.15) is 33.1 Å². The van der Waals surface area contributed by atoms with Crippen LogP contribution < -0.4 is 5.73 Å². The lowest BCUT2D eigenvalue weighted by Gasteiger charge is -2.24. The topological polar surface area (TPSA) is 55.6 Å². The van der Waals surface area contributed by atoms with Gasteiger partial charge in [0.2, 0.25) is 0 Å². The summed E-state index contributed by atoms with van der Waals surface area (Å²) in [5.41, 5.74) is 5.89. The second kappa shape index (κ2) is 7.63. The smallest absolute Gasteiger partial charge is 0.306 e. The average molecular weight is 230 g/mol. The Morgan fingerprint density at radius 3 is 2.50 bits per heavy atom. The number of nitrogens with two attached hydrogens (primary N) is 1. The Hall–Kier alpha value is -0.610. The molecule has 0 heterocycles. The number of ether oxygens (including phenoxy) is 1. The van der Waals surface area contributed by atoms with Crippen LogP contribution in [0, 0.1) is 5.41 Å². The van der Waals surface area contributed by atoms with Crippen molar-refractivity contribution in [3.63, 3.8) is 0 Å². The summed E-state index contributed by atoms with van der Waals surface area (Å²) in [5.74, 6) is -0.144. The zero-order chi connectivity index (χ0) is 12.6. The lowest BCUT2D eigenvalue weighted by atomic mass is 9.88. The zero-order valence-corrected chi connectivity index (χ0v) is 11.1. The number of methoxy groups -OCH3 is 1. The van der Waals surface area contributed by atoms with Crippen LogP contribution in [-0.2, 0) is 9.53 Å². The van der Waals surface area contributed by atoms with Gasteiger partial charge in [-0.15, -0.1) is 0 Å². The monoisotopic (exact) mass is 230 g/mol. The normalized spacial score (nSPS) is 11.9. The van der Waals surface area contributed by atoms with E-state index in [1.807, 2.05) is 7.05 Å². The van der Waals surface area contributed by atoms with Gasteiger partial charge in [-0.1, -0.05) is 13.8 Å². The molecule has 0 bridgehead atoms. The van der Waals surface area contributed by atoms with Crippen molar-refractivity contribution in [1.82, 2.24) is 4.90 Å².